The minimum Gasteiger partial charge on any atom is -0.224 e. The van der Waals surface area contributed by atoms with E-state index in [1.807, 2.05) is 44.8 Å². The Morgan fingerprint density at radius 1 is 1.21 bits per heavy atom. The van der Waals surface area contributed by atoms with Crippen LogP contribution in [0.25, 0.3) is 0 Å². The van der Waals surface area contributed by atoms with E-state index in [4.69, 9.17) is 0 Å². The third-order valence-corrected chi connectivity index (χ3v) is 10.5. The molecule has 1 aliphatic carbocycles. The maximum Gasteiger partial charge on any atom is 0.178 e. The summed E-state index contributed by atoms with van der Waals surface area (Å²) < 4.78 is 25.4. The lowest BCUT2D eigenvalue weighted by atomic mass is 9.89. The predicted molar refractivity (Wildman–Crippen MR) is 82.0 cm³/mol. The van der Waals surface area contributed by atoms with Gasteiger partial charge in [0.05, 0.1) is 5.25 Å². The van der Waals surface area contributed by atoms with Crippen LogP contribution in [-0.4, -0.2) is 20.3 Å². The molecule has 1 heterocycles. The normalized spacial score (nSPS) is 31.3. The fraction of sp³-hybridized carbons (Fsp3) is 0.333. The SMILES string of the molecule is CC1=CC2C(C=C1)c1ccc(C)cc1P(C)S2(=O)=O. The number of benzene rings is 1. The van der Waals surface area contributed by atoms with Crippen molar-refractivity contribution < 1.29 is 8.42 Å². The summed E-state index contributed by atoms with van der Waals surface area (Å²) in [4.78, 5) is 0. The van der Waals surface area contributed by atoms with Gasteiger partial charge in [-0.2, -0.15) is 0 Å². The lowest BCUT2D eigenvalue weighted by Gasteiger charge is -2.35. The molecule has 1 aliphatic heterocycles. The first-order chi connectivity index (χ1) is 8.91. The molecule has 2 nitrogen and oxygen atoms in total. The van der Waals surface area contributed by atoms with Crippen molar-refractivity contribution in [3.8, 4) is 0 Å². The minimum atomic E-state index is -3.09. The molecule has 0 saturated heterocycles. The zero-order valence-corrected chi connectivity index (χ0v) is 13.0. The molecule has 19 heavy (non-hydrogen) atoms. The van der Waals surface area contributed by atoms with Gasteiger partial charge in [0, 0.05) is 13.0 Å². The van der Waals surface area contributed by atoms with Crippen LogP contribution in [0.5, 0.6) is 0 Å². The molecule has 0 saturated carbocycles. The summed E-state index contributed by atoms with van der Waals surface area (Å²) in [5, 5.41) is 0.665. The highest BCUT2D eigenvalue weighted by molar-refractivity contribution is 8.52. The van der Waals surface area contributed by atoms with Crippen LogP contribution >= 0.6 is 7.12 Å². The lowest BCUT2D eigenvalue weighted by molar-refractivity contribution is 0.595. The Kier molecular flexibility index (Phi) is 2.95. The molecule has 0 bridgehead atoms. The fourth-order valence-corrected chi connectivity index (χ4v) is 8.44. The summed E-state index contributed by atoms with van der Waals surface area (Å²) in [5.74, 6) is -0.0111. The van der Waals surface area contributed by atoms with Gasteiger partial charge in [-0.1, -0.05) is 47.6 Å². The van der Waals surface area contributed by atoms with Gasteiger partial charge in [0.15, 0.2) is 9.46 Å². The number of hydrogen-bond acceptors (Lipinski definition) is 2. The third kappa shape index (κ3) is 1.91. The predicted octanol–water partition coefficient (Wildman–Crippen LogP) is 3.04. The van der Waals surface area contributed by atoms with E-state index in [-0.39, 0.29) is 11.2 Å². The Bertz CT molecular complexity index is 701. The Hall–Kier alpha value is -0.920. The summed E-state index contributed by atoms with van der Waals surface area (Å²) >= 11 is 0. The number of fused-ring (bicyclic) bond motifs is 3. The molecular weight excluding hydrogens is 275 g/mol. The summed E-state index contributed by atoms with van der Waals surface area (Å²) in [5.41, 5.74) is 3.37. The molecule has 0 radical (unpaired) electrons. The molecule has 1 aromatic rings. The Balaban J connectivity index is 2.27. The van der Waals surface area contributed by atoms with Gasteiger partial charge < -0.3 is 0 Å². The van der Waals surface area contributed by atoms with Crippen molar-refractivity contribution in [3.05, 3.63) is 53.1 Å². The lowest BCUT2D eigenvalue weighted by Crippen LogP contribution is -2.36. The number of allylic oxidation sites excluding steroid dienone is 3. The van der Waals surface area contributed by atoms with Gasteiger partial charge in [0.1, 0.15) is 0 Å². The number of aryl methyl sites for hydroxylation is 1. The van der Waals surface area contributed by atoms with Crippen LogP contribution in [0, 0.1) is 6.92 Å². The topological polar surface area (TPSA) is 34.1 Å². The summed E-state index contributed by atoms with van der Waals surface area (Å²) in [6.07, 6.45) is 6.00. The maximum atomic E-state index is 12.7. The average molecular weight is 292 g/mol. The van der Waals surface area contributed by atoms with Crippen molar-refractivity contribution in [1.82, 2.24) is 0 Å². The molecule has 0 N–H and O–H groups in total. The van der Waals surface area contributed by atoms with Gasteiger partial charge in [0.25, 0.3) is 0 Å². The maximum absolute atomic E-state index is 12.7. The van der Waals surface area contributed by atoms with E-state index in [9.17, 15) is 8.42 Å². The quantitative estimate of drug-likeness (QED) is 0.689. The standard InChI is InChI=1S/C15H17O2PS/c1-10-4-6-12-13-7-5-11(2)9-15(13)19(16,17)18(3)14(12)8-10/h4-9,13,15H,1-3H3. The number of rotatable bonds is 0. The molecule has 4 heteroatoms. The van der Waals surface area contributed by atoms with Gasteiger partial charge in [-0.25, -0.2) is 8.42 Å². The smallest absolute Gasteiger partial charge is 0.178 e. The van der Waals surface area contributed by atoms with E-state index >= 15 is 0 Å². The first-order valence-corrected chi connectivity index (χ1v) is 10.3. The van der Waals surface area contributed by atoms with Crippen LogP contribution in [0.4, 0.5) is 0 Å². The van der Waals surface area contributed by atoms with Crippen LogP contribution < -0.4 is 5.30 Å². The van der Waals surface area contributed by atoms with E-state index in [2.05, 4.69) is 12.1 Å². The van der Waals surface area contributed by atoms with E-state index in [1.165, 1.54) is 5.56 Å². The molecule has 0 amide bonds. The van der Waals surface area contributed by atoms with E-state index in [1.54, 1.807) is 0 Å². The van der Waals surface area contributed by atoms with E-state index < -0.39 is 16.6 Å². The van der Waals surface area contributed by atoms with Crippen molar-refractivity contribution in [2.45, 2.75) is 25.0 Å². The molecule has 3 unspecified atom stereocenters. The second-order valence-corrected chi connectivity index (χ2v) is 11.6. The summed E-state index contributed by atoms with van der Waals surface area (Å²) in [7, 11) is -4.22. The van der Waals surface area contributed by atoms with E-state index in [0.717, 1.165) is 16.4 Å². The molecular formula is C15H17O2PS. The Morgan fingerprint density at radius 2 is 1.95 bits per heavy atom. The van der Waals surface area contributed by atoms with Gasteiger partial charge >= 0.3 is 0 Å². The second-order valence-electron chi connectivity index (χ2n) is 5.33. The highest BCUT2D eigenvalue weighted by Crippen LogP contribution is 2.52. The van der Waals surface area contributed by atoms with Crippen LogP contribution in [0.3, 0.4) is 0 Å². The van der Waals surface area contributed by atoms with Gasteiger partial charge in [-0.05, 0) is 31.4 Å². The van der Waals surface area contributed by atoms with Crippen LogP contribution in [0.15, 0.2) is 42.0 Å². The van der Waals surface area contributed by atoms with Crippen LogP contribution in [0.1, 0.15) is 24.0 Å². The van der Waals surface area contributed by atoms with Crippen LogP contribution in [0.2, 0.25) is 0 Å². The molecule has 1 aromatic carbocycles. The monoisotopic (exact) mass is 292 g/mol. The molecule has 3 atom stereocenters. The zero-order chi connectivity index (χ0) is 13.8. The fourth-order valence-electron chi connectivity index (χ4n) is 2.86. The van der Waals surface area contributed by atoms with Crippen molar-refractivity contribution in [2.24, 2.45) is 0 Å². The average Bonchev–Trinajstić information content (AvgIpc) is 2.37. The molecule has 100 valence electrons. The minimum absolute atomic E-state index is 0.0111. The highest BCUT2D eigenvalue weighted by atomic mass is 32.8. The van der Waals surface area contributed by atoms with Crippen molar-refractivity contribution >= 4 is 21.9 Å². The first kappa shape index (κ1) is 13.1. The Morgan fingerprint density at radius 3 is 2.68 bits per heavy atom. The van der Waals surface area contributed by atoms with Crippen molar-refractivity contribution in [3.63, 3.8) is 0 Å². The molecule has 3 rings (SSSR count). The second kappa shape index (κ2) is 4.29. The van der Waals surface area contributed by atoms with Gasteiger partial charge in [-0.15, -0.1) is 0 Å². The summed E-state index contributed by atoms with van der Waals surface area (Å²) in [6, 6.07) is 6.23. The molecule has 2 aliphatic rings. The molecule has 0 spiro atoms. The zero-order valence-electron chi connectivity index (χ0n) is 11.3. The van der Waals surface area contributed by atoms with Crippen molar-refractivity contribution in [2.75, 3.05) is 6.66 Å². The molecule has 0 aromatic heterocycles. The first-order valence-electron chi connectivity index (χ1n) is 6.36. The van der Waals surface area contributed by atoms with Crippen molar-refractivity contribution in [1.29, 1.82) is 0 Å². The Labute approximate surface area is 115 Å². The largest absolute Gasteiger partial charge is 0.224 e. The van der Waals surface area contributed by atoms with Crippen LogP contribution in [-0.2, 0) is 9.46 Å². The van der Waals surface area contributed by atoms with Gasteiger partial charge in [-0.3, -0.25) is 0 Å². The third-order valence-electron chi connectivity index (χ3n) is 3.96. The number of hydrogen-bond donors (Lipinski definition) is 0. The van der Waals surface area contributed by atoms with Gasteiger partial charge in [0.2, 0.25) is 0 Å². The van der Waals surface area contributed by atoms with E-state index in [0.29, 0.717) is 0 Å². The molecule has 0 fully saturated rings. The summed E-state index contributed by atoms with van der Waals surface area (Å²) in [6.45, 7) is 5.86. The highest BCUT2D eigenvalue weighted by Gasteiger charge is 2.43.